The molecule has 0 N–H and O–H groups in total. The first kappa shape index (κ1) is 13.9. The first-order valence-corrected chi connectivity index (χ1v) is 6.27. The minimum absolute atomic E-state index is 0.129. The van der Waals surface area contributed by atoms with Crippen LogP contribution in [0, 0.1) is 17.2 Å². The summed E-state index contributed by atoms with van der Waals surface area (Å²) in [4.78, 5) is 2.18. The highest BCUT2D eigenvalue weighted by Crippen LogP contribution is 2.29. The third-order valence-corrected chi connectivity index (χ3v) is 3.46. The molecule has 0 amide bonds. The van der Waals surface area contributed by atoms with E-state index in [0.29, 0.717) is 6.54 Å². The van der Waals surface area contributed by atoms with Crippen LogP contribution in [0.5, 0.6) is 0 Å². The molecule has 0 aliphatic carbocycles. The van der Waals surface area contributed by atoms with E-state index in [-0.39, 0.29) is 5.92 Å². The Kier molecular flexibility index (Phi) is 4.11. The Morgan fingerprint density at radius 1 is 1.16 bits per heavy atom. The molecular formula is C14H15F3N2. The normalized spacial score (nSPS) is 18.2. The minimum atomic E-state index is -4.27. The molecule has 0 unspecified atom stereocenters. The van der Waals surface area contributed by atoms with Gasteiger partial charge in [0, 0.05) is 12.5 Å². The number of hydrogen-bond donors (Lipinski definition) is 0. The van der Waals surface area contributed by atoms with E-state index in [4.69, 9.17) is 5.26 Å². The summed E-state index contributed by atoms with van der Waals surface area (Å²) < 4.78 is 37.3. The van der Waals surface area contributed by atoms with Gasteiger partial charge >= 0.3 is 6.18 Å². The number of piperidine rings is 1. The van der Waals surface area contributed by atoms with Crippen LogP contribution in [-0.4, -0.2) is 18.0 Å². The van der Waals surface area contributed by atoms with Crippen molar-refractivity contribution >= 4 is 0 Å². The number of nitriles is 1. The Morgan fingerprint density at radius 2 is 1.74 bits per heavy atom. The van der Waals surface area contributed by atoms with Crippen molar-refractivity contribution in [1.29, 1.82) is 5.26 Å². The highest BCUT2D eigenvalue weighted by molar-refractivity contribution is 5.24. The Balaban J connectivity index is 1.92. The van der Waals surface area contributed by atoms with Crippen LogP contribution in [0.15, 0.2) is 24.3 Å². The predicted octanol–water partition coefficient (Wildman–Crippen LogP) is 3.44. The van der Waals surface area contributed by atoms with E-state index < -0.39 is 11.7 Å². The predicted molar refractivity (Wildman–Crippen MR) is 65.1 cm³/mol. The van der Waals surface area contributed by atoms with Gasteiger partial charge in [-0.15, -0.1) is 0 Å². The summed E-state index contributed by atoms with van der Waals surface area (Å²) in [5, 5.41) is 8.80. The third-order valence-electron chi connectivity index (χ3n) is 3.46. The molecule has 1 aromatic rings. The molecule has 2 nitrogen and oxygen atoms in total. The molecule has 0 radical (unpaired) electrons. The maximum absolute atomic E-state index is 12.4. The summed E-state index contributed by atoms with van der Waals surface area (Å²) in [6, 6.07) is 7.56. The fourth-order valence-electron chi connectivity index (χ4n) is 2.28. The zero-order valence-corrected chi connectivity index (χ0v) is 10.5. The van der Waals surface area contributed by atoms with Gasteiger partial charge < -0.3 is 0 Å². The van der Waals surface area contributed by atoms with Crippen LogP contribution < -0.4 is 0 Å². The smallest absolute Gasteiger partial charge is 0.299 e. The molecule has 19 heavy (non-hydrogen) atoms. The average molecular weight is 268 g/mol. The summed E-state index contributed by atoms with van der Waals surface area (Å²) in [7, 11) is 0. The molecule has 2 rings (SSSR count). The Bertz CT molecular complexity index is 451. The minimum Gasteiger partial charge on any atom is -0.299 e. The van der Waals surface area contributed by atoms with Gasteiger partial charge in [0.15, 0.2) is 0 Å². The second-order valence-corrected chi connectivity index (χ2v) is 4.87. The molecular weight excluding hydrogens is 253 g/mol. The van der Waals surface area contributed by atoms with Gasteiger partial charge in [0.2, 0.25) is 0 Å². The van der Waals surface area contributed by atoms with Crippen molar-refractivity contribution in [3.63, 3.8) is 0 Å². The first-order chi connectivity index (χ1) is 8.99. The molecule has 0 aromatic heterocycles. The standard InChI is InChI=1S/C14H15F3N2/c15-14(16,17)13-3-1-12(2-4-13)10-19-7-5-11(9-18)6-8-19/h1-4,11H,5-8,10H2. The zero-order chi connectivity index (χ0) is 13.9. The van der Waals surface area contributed by atoms with E-state index in [2.05, 4.69) is 11.0 Å². The van der Waals surface area contributed by atoms with E-state index >= 15 is 0 Å². The van der Waals surface area contributed by atoms with Gasteiger partial charge in [-0.2, -0.15) is 18.4 Å². The van der Waals surface area contributed by atoms with Gasteiger partial charge in [0.1, 0.15) is 0 Å². The number of hydrogen-bond acceptors (Lipinski definition) is 2. The van der Waals surface area contributed by atoms with Gasteiger partial charge in [-0.3, -0.25) is 4.90 Å². The molecule has 0 saturated carbocycles. The van der Waals surface area contributed by atoms with Crippen LogP contribution in [-0.2, 0) is 12.7 Å². The molecule has 0 atom stereocenters. The van der Waals surface area contributed by atoms with Crippen LogP contribution in [0.2, 0.25) is 0 Å². The van der Waals surface area contributed by atoms with Gasteiger partial charge in [0.25, 0.3) is 0 Å². The summed E-state index contributed by atoms with van der Waals surface area (Å²) in [5.74, 6) is 0.129. The first-order valence-electron chi connectivity index (χ1n) is 6.27. The van der Waals surface area contributed by atoms with Gasteiger partial charge in [0.05, 0.1) is 11.6 Å². The number of nitrogens with zero attached hydrogens (tertiary/aromatic N) is 2. The molecule has 1 fully saturated rings. The van der Waals surface area contributed by atoms with E-state index in [9.17, 15) is 13.2 Å². The van der Waals surface area contributed by atoms with Crippen LogP contribution in [0.25, 0.3) is 0 Å². The fraction of sp³-hybridized carbons (Fsp3) is 0.500. The van der Waals surface area contributed by atoms with Crippen LogP contribution >= 0.6 is 0 Å². The summed E-state index contributed by atoms with van der Waals surface area (Å²) in [5.41, 5.74) is 0.267. The Morgan fingerprint density at radius 3 is 2.21 bits per heavy atom. The van der Waals surface area contributed by atoms with Crippen molar-refractivity contribution in [3.8, 4) is 6.07 Å². The Hall–Kier alpha value is -1.54. The van der Waals surface area contributed by atoms with Crippen LogP contribution in [0.1, 0.15) is 24.0 Å². The van der Waals surface area contributed by atoms with Crippen LogP contribution in [0.4, 0.5) is 13.2 Å². The fourth-order valence-corrected chi connectivity index (χ4v) is 2.28. The van der Waals surface area contributed by atoms with Crippen molar-refractivity contribution in [2.24, 2.45) is 5.92 Å². The topological polar surface area (TPSA) is 27.0 Å². The van der Waals surface area contributed by atoms with Crippen molar-refractivity contribution in [2.45, 2.75) is 25.6 Å². The molecule has 1 heterocycles. The van der Waals surface area contributed by atoms with E-state index in [1.165, 1.54) is 12.1 Å². The number of rotatable bonds is 2. The largest absolute Gasteiger partial charge is 0.416 e. The number of likely N-dealkylation sites (tertiary alicyclic amines) is 1. The molecule has 1 aromatic carbocycles. The quantitative estimate of drug-likeness (QED) is 0.821. The number of halogens is 3. The van der Waals surface area contributed by atoms with Gasteiger partial charge in [-0.05, 0) is 43.6 Å². The maximum atomic E-state index is 12.4. The monoisotopic (exact) mass is 268 g/mol. The van der Waals surface area contributed by atoms with Crippen molar-refractivity contribution < 1.29 is 13.2 Å². The molecule has 0 spiro atoms. The summed E-state index contributed by atoms with van der Waals surface area (Å²) in [6.07, 6.45) is -2.59. The lowest BCUT2D eigenvalue weighted by Crippen LogP contribution is -2.32. The lowest BCUT2D eigenvalue weighted by Gasteiger charge is -2.29. The lowest BCUT2D eigenvalue weighted by molar-refractivity contribution is -0.137. The summed E-state index contributed by atoms with van der Waals surface area (Å²) in [6.45, 7) is 2.31. The van der Waals surface area contributed by atoms with E-state index in [0.717, 1.165) is 43.6 Å². The molecule has 1 saturated heterocycles. The average Bonchev–Trinajstić information content (AvgIpc) is 2.39. The van der Waals surface area contributed by atoms with E-state index in [1.807, 2.05) is 0 Å². The highest BCUT2D eigenvalue weighted by Gasteiger charge is 2.30. The van der Waals surface area contributed by atoms with Crippen molar-refractivity contribution in [2.75, 3.05) is 13.1 Å². The molecule has 1 aliphatic rings. The second-order valence-electron chi connectivity index (χ2n) is 4.87. The number of alkyl halides is 3. The Labute approximate surface area is 110 Å². The third kappa shape index (κ3) is 3.71. The number of benzene rings is 1. The molecule has 0 bridgehead atoms. The zero-order valence-electron chi connectivity index (χ0n) is 10.5. The SMILES string of the molecule is N#CC1CCN(Cc2ccc(C(F)(F)F)cc2)CC1. The lowest BCUT2D eigenvalue weighted by atomic mass is 9.98. The van der Waals surface area contributed by atoms with Gasteiger partial charge in [-0.25, -0.2) is 0 Å². The molecule has 1 aliphatic heterocycles. The van der Waals surface area contributed by atoms with Gasteiger partial charge in [-0.1, -0.05) is 12.1 Å². The highest BCUT2D eigenvalue weighted by atomic mass is 19.4. The molecule has 102 valence electrons. The molecule has 5 heteroatoms. The van der Waals surface area contributed by atoms with Crippen LogP contribution in [0.3, 0.4) is 0 Å². The second kappa shape index (κ2) is 5.62. The summed E-state index contributed by atoms with van der Waals surface area (Å²) >= 11 is 0. The maximum Gasteiger partial charge on any atom is 0.416 e. The van der Waals surface area contributed by atoms with Crippen molar-refractivity contribution in [1.82, 2.24) is 4.90 Å². The van der Waals surface area contributed by atoms with E-state index in [1.54, 1.807) is 0 Å². The van der Waals surface area contributed by atoms with Crippen molar-refractivity contribution in [3.05, 3.63) is 35.4 Å².